The van der Waals surface area contributed by atoms with Crippen LogP contribution in [0.3, 0.4) is 0 Å². The molecule has 0 aliphatic rings. The average molecular weight is 261 g/mol. The summed E-state index contributed by atoms with van der Waals surface area (Å²) in [7, 11) is 1.50. The summed E-state index contributed by atoms with van der Waals surface area (Å²) >= 11 is 0. The molecule has 0 spiro atoms. The molecule has 0 bridgehead atoms. The zero-order valence-electron chi connectivity index (χ0n) is 10.5. The van der Waals surface area contributed by atoms with E-state index in [1.165, 1.54) is 12.0 Å². The number of hydrogen-bond donors (Lipinski definition) is 3. The highest BCUT2D eigenvalue weighted by molar-refractivity contribution is 5.87. The highest BCUT2D eigenvalue weighted by atomic mass is 16.5. The number of carbonyl (C=O) groups excluding carboxylic acids is 2. The van der Waals surface area contributed by atoms with Crippen molar-refractivity contribution in [2.24, 2.45) is 5.73 Å². The van der Waals surface area contributed by atoms with Crippen molar-refractivity contribution in [3.05, 3.63) is 0 Å². The Morgan fingerprint density at radius 3 is 2.44 bits per heavy atom. The molecule has 0 saturated heterocycles. The molecule has 0 aromatic carbocycles. The van der Waals surface area contributed by atoms with E-state index < -0.39 is 30.4 Å². The molecule has 0 aliphatic heterocycles. The molecule has 0 unspecified atom stereocenters. The Morgan fingerprint density at radius 1 is 1.44 bits per heavy atom. The van der Waals surface area contributed by atoms with E-state index in [0.717, 1.165) is 0 Å². The second kappa shape index (κ2) is 8.29. The first kappa shape index (κ1) is 16.2. The number of carboxylic acids is 1. The average Bonchev–Trinajstić information content (AvgIpc) is 2.28. The van der Waals surface area contributed by atoms with Crippen molar-refractivity contribution in [3.63, 3.8) is 0 Å². The summed E-state index contributed by atoms with van der Waals surface area (Å²) in [4.78, 5) is 34.6. The van der Waals surface area contributed by atoms with Gasteiger partial charge in [-0.1, -0.05) is 0 Å². The number of methoxy groups -OCH3 is 1. The van der Waals surface area contributed by atoms with Gasteiger partial charge in [-0.05, 0) is 6.92 Å². The number of amides is 3. The van der Waals surface area contributed by atoms with E-state index in [4.69, 9.17) is 15.6 Å². The molecular formula is C10H19N3O5. The van der Waals surface area contributed by atoms with Gasteiger partial charge in [0.25, 0.3) is 0 Å². The Hall–Kier alpha value is -1.83. The van der Waals surface area contributed by atoms with Crippen LogP contribution in [0.15, 0.2) is 0 Å². The summed E-state index contributed by atoms with van der Waals surface area (Å²) in [6.45, 7) is 2.83. The van der Waals surface area contributed by atoms with Crippen LogP contribution in [-0.4, -0.2) is 60.8 Å². The minimum Gasteiger partial charge on any atom is -0.480 e. The molecule has 0 aliphatic carbocycles. The van der Waals surface area contributed by atoms with Gasteiger partial charge in [0.15, 0.2) is 0 Å². The maximum Gasteiger partial charge on any atom is 0.326 e. The van der Waals surface area contributed by atoms with Crippen LogP contribution in [0.1, 0.15) is 13.3 Å². The molecule has 1 atom stereocenters. The van der Waals surface area contributed by atoms with Gasteiger partial charge < -0.3 is 25.8 Å². The maximum atomic E-state index is 11.7. The van der Waals surface area contributed by atoms with Gasteiger partial charge >= 0.3 is 12.0 Å². The lowest BCUT2D eigenvalue weighted by molar-refractivity contribution is -0.140. The summed E-state index contributed by atoms with van der Waals surface area (Å²) in [5.74, 6) is -2.09. The van der Waals surface area contributed by atoms with Crippen molar-refractivity contribution < 1.29 is 24.2 Å². The van der Waals surface area contributed by atoms with E-state index in [1.807, 2.05) is 0 Å². The molecule has 8 nitrogen and oxygen atoms in total. The lowest BCUT2D eigenvalue weighted by Gasteiger charge is -2.23. The van der Waals surface area contributed by atoms with E-state index in [2.05, 4.69) is 5.32 Å². The molecular weight excluding hydrogens is 242 g/mol. The smallest absolute Gasteiger partial charge is 0.326 e. The van der Waals surface area contributed by atoms with Crippen LogP contribution in [0.5, 0.6) is 0 Å². The zero-order valence-corrected chi connectivity index (χ0v) is 10.5. The summed E-state index contributed by atoms with van der Waals surface area (Å²) < 4.78 is 4.83. The quantitative estimate of drug-likeness (QED) is 0.517. The molecule has 0 rings (SSSR count). The Balaban J connectivity index is 4.46. The third-order valence-electron chi connectivity index (χ3n) is 2.24. The van der Waals surface area contributed by atoms with E-state index in [9.17, 15) is 14.4 Å². The van der Waals surface area contributed by atoms with Gasteiger partial charge in [0, 0.05) is 20.2 Å². The van der Waals surface area contributed by atoms with E-state index in [-0.39, 0.29) is 0 Å². The topological polar surface area (TPSA) is 122 Å². The minimum absolute atomic E-state index is 0.335. The molecule has 8 heteroatoms. The van der Waals surface area contributed by atoms with Gasteiger partial charge in [-0.3, -0.25) is 4.79 Å². The monoisotopic (exact) mass is 261 g/mol. The largest absolute Gasteiger partial charge is 0.480 e. The lowest BCUT2D eigenvalue weighted by atomic mass is 10.2. The van der Waals surface area contributed by atoms with Gasteiger partial charge in [0.2, 0.25) is 5.91 Å². The first-order valence-corrected chi connectivity index (χ1v) is 5.47. The van der Waals surface area contributed by atoms with Crippen molar-refractivity contribution in [1.82, 2.24) is 10.2 Å². The Morgan fingerprint density at radius 2 is 2.06 bits per heavy atom. The number of likely N-dealkylation sites (N-methyl/N-ethyl adjacent to an activating group) is 1. The van der Waals surface area contributed by atoms with Gasteiger partial charge in [-0.2, -0.15) is 0 Å². The second-order valence-corrected chi connectivity index (χ2v) is 3.58. The normalized spacial score (nSPS) is 11.7. The van der Waals surface area contributed by atoms with E-state index >= 15 is 0 Å². The predicted molar refractivity (Wildman–Crippen MR) is 62.9 cm³/mol. The second-order valence-electron chi connectivity index (χ2n) is 3.58. The predicted octanol–water partition coefficient (Wildman–Crippen LogP) is -1.01. The van der Waals surface area contributed by atoms with Gasteiger partial charge in [0.05, 0.1) is 13.0 Å². The van der Waals surface area contributed by atoms with Crippen molar-refractivity contribution >= 4 is 17.9 Å². The molecule has 4 N–H and O–H groups in total. The number of carbonyl (C=O) groups is 3. The third kappa shape index (κ3) is 6.04. The molecule has 0 aromatic rings. The fourth-order valence-corrected chi connectivity index (χ4v) is 1.25. The third-order valence-corrected chi connectivity index (χ3v) is 2.24. The number of rotatable bonds is 8. The maximum absolute atomic E-state index is 11.7. The van der Waals surface area contributed by atoms with Gasteiger partial charge in [0.1, 0.15) is 6.04 Å². The van der Waals surface area contributed by atoms with Crippen LogP contribution >= 0.6 is 0 Å². The Bertz CT molecular complexity index is 308. The van der Waals surface area contributed by atoms with E-state index in [1.54, 1.807) is 6.92 Å². The van der Waals surface area contributed by atoms with Crippen LogP contribution < -0.4 is 11.1 Å². The zero-order chi connectivity index (χ0) is 14.1. The highest BCUT2D eigenvalue weighted by Gasteiger charge is 2.24. The Labute approximate surface area is 105 Å². The lowest BCUT2D eigenvalue weighted by Crippen LogP contribution is -2.49. The number of carboxylic acid groups (broad SMARTS) is 1. The number of aliphatic carboxylic acids is 1. The number of nitrogens with one attached hydrogen (secondary N) is 1. The SMILES string of the molecule is CCN(CCOC)C(=O)N[C@@H](CC(N)=O)C(=O)O. The number of primary amides is 1. The van der Waals surface area contributed by atoms with E-state index in [0.29, 0.717) is 19.7 Å². The van der Waals surface area contributed by atoms with Crippen molar-refractivity contribution in [2.75, 3.05) is 26.8 Å². The van der Waals surface area contributed by atoms with Crippen LogP contribution in [-0.2, 0) is 14.3 Å². The summed E-state index contributed by atoms with van der Waals surface area (Å²) in [6.07, 6.45) is -0.442. The van der Waals surface area contributed by atoms with Crippen molar-refractivity contribution in [3.8, 4) is 0 Å². The molecule has 0 aromatic heterocycles. The molecule has 0 saturated carbocycles. The molecule has 3 amide bonds. The first-order valence-electron chi connectivity index (χ1n) is 5.47. The molecule has 0 heterocycles. The number of nitrogens with two attached hydrogens (primary N) is 1. The molecule has 18 heavy (non-hydrogen) atoms. The first-order chi connectivity index (χ1) is 8.42. The number of ether oxygens (including phenoxy) is 1. The van der Waals surface area contributed by atoms with Crippen molar-refractivity contribution in [2.45, 2.75) is 19.4 Å². The fraction of sp³-hybridized carbons (Fsp3) is 0.700. The highest BCUT2D eigenvalue weighted by Crippen LogP contribution is 1.96. The van der Waals surface area contributed by atoms with Crippen LogP contribution in [0.2, 0.25) is 0 Å². The fourth-order valence-electron chi connectivity index (χ4n) is 1.25. The minimum atomic E-state index is -1.31. The standard InChI is InChI=1S/C10H19N3O5/c1-3-13(4-5-18-2)10(17)12-7(9(15)16)6-8(11)14/h7H,3-6H2,1-2H3,(H2,11,14)(H,12,17)(H,15,16)/t7-/m0/s1. The van der Waals surface area contributed by atoms with Crippen LogP contribution in [0, 0.1) is 0 Å². The number of hydrogen-bond acceptors (Lipinski definition) is 4. The van der Waals surface area contributed by atoms with Crippen molar-refractivity contribution in [1.29, 1.82) is 0 Å². The number of nitrogens with zero attached hydrogens (tertiary/aromatic N) is 1. The summed E-state index contributed by atoms with van der Waals surface area (Å²) in [5, 5.41) is 11.1. The van der Waals surface area contributed by atoms with Gasteiger partial charge in [-0.15, -0.1) is 0 Å². The molecule has 104 valence electrons. The summed E-state index contributed by atoms with van der Waals surface area (Å²) in [6, 6.07) is -1.88. The molecule has 0 fully saturated rings. The van der Waals surface area contributed by atoms with Crippen LogP contribution in [0.4, 0.5) is 4.79 Å². The molecule has 0 radical (unpaired) electrons. The van der Waals surface area contributed by atoms with Gasteiger partial charge in [-0.25, -0.2) is 9.59 Å². The number of urea groups is 1. The van der Waals surface area contributed by atoms with Crippen LogP contribution in [0.25, 0.3) is 0 Å². The summed E-state index contributed by atoms with van der Waals surface area (Å²) in [5.41, 5.74) is 4.91. The Kier molecular flexibility index (Phi) is 7.45.